The van der Waals surface area contributed by atoms with Gasteiger partial charge in [0.2, 0.25) is 0 Å². The van der Waals surface area contributed by atoms with Gasteiger partial charge in [0.1, 0.15) is 38.8 Å². The fraction of sp³-hybridized carbons (Fsp3) is 0. The molecular weight excluding hydrogens is 805 g/mol. The maximum Gasteiger partial charge on any atom is 0.159 e. The highest BCUT2D eigenvalue weighted by atomic mass is 16.3. The summed E-state index contributed by atoms with van der Waals surface area (Å²) >= 11 is 0. The number of benzene rings is 5. The van der Waals surface area contributed by atoms with E-state index in [-0.39, 0.29) is 0 Å². The summed E-state index contributed by atoms with van der Waals surface area (Å²) in [5, 5.41) is 5.19. The van der Waals surface area contributed by atoms with Crippen LogP contribution >= 0.6 is 0 Å². The second kappa shape index (κ2) is 12.7. The van der Waals surface area contributed by atoms with E-state index >= 15 is 0 Å². The first kappa shape index (κ1) is 34.4. The molecule has 10 heteroatoms. The predicted octanol–water partition coefficient (Wildman–Crippen LogP) is 13.4. The van der Waals surface area contributed by atoms with Gasteiger partial charge in [0.15, 0.2) is 5.58 Å². The Hall–Kier alpha value is -9.15. The highest BCUT2D eigenvalue weighted by molar-refractivity contribution is 6.15. The third kappa shape index (κ3) is 4.68. The molecule has 0 aliphatic rings. The van der Waals surface area contributed by atoms with E-state index in [1.54, 1.807) is 0 Å². The van der Waals surface area contributed by atoms with E-state index in [0.29, 0.717) is 0 Å². The Labute approximate surface area is 366 Å². The third-order valence-electron chi connectivity index (χ3n) is 13.1. The summed E-state index contributed by atoms with van der Waals surface area (Å²) in [6.07, 6.45) is 9.14. The molecule has 0 fully saturated rings. The lowest BCUT2D eigenvalue weighted by Gasteiger charge is -2.09. The normalized spacial score (nSPS) is 12.3. The van der Waals surface area contributed by atoms with Crippen molar-refractivity contribution >= 4 is 110 Å². The summed E-state index contributed by atoms with van der Waals surface area (Å²) in [5.74, 6) is 0. The molecule has 0 saturated carbocycles. The number of nitrogens with zero attached hydrogens (tertiary/aromatic N) is 8. The molecule has 0 amide bonds. The molecule has 15 rings (SSSR count). The number of furan rings is 2. The van der Waals surface area contributed by atoms with Crippen LogP contribution in [-0.2, 0) is 0 Å². The molecule has 0 atom stereocenters. The molecule has 0 saturated heterocycles. The largest absolute Gasteiger partial charge is 0.455 e. The van der Waals surface area contributed by atoms with Crippen molar-refractivity contribution in [1.29, 1.82) is 0 Å². The average molecular weight is 835 g/mol. The Morgan fingerprint density at radius 1 is 0.323 bits per heavy atom. The van der Waals surface area contributed by atoms with Crippen molar-refractivity contribution in [3.05, 3.63) is 183 Å². The van der Waals surface area contributed by atoms with Crippen LogP contribution in [0.25, 0.3) is 138 Å². The molecule has 0 unspecified atom stereocenters. The van der Waals surface area contributed by atoms with Crippen molar-refractivity contribution in [2.24, 2.45) is 0 Å². The van der Waals surface area contributed by atoms with Gasteiger partial charge in [-0.25, -0.2) is 0 Å². The van der Waals surface area contributed by atoms with Crippen LogP contribution in [0.3, 0.4) is 0 Å². The second-order valence-corrected chi connectivity index (χ2v) is 16.5. The van der Waals surface area contributed by atoms with Crippen LogP contribution in [0.2, 0.25) is 0 Å². The fourth-order valence-corrected chi connectivity index (χ4v) is 10.4. The van der Waals surface area contributed by atoms with Crippen molar-refractivity contribution in [3.63, 3.8) is 0 Å². The summed E-state index contributed by atoms with van der Waals surface area (Å²) in [4.78, 5) is 23.8. The molecule has 15 aromatic rings. The number of hydrogen-bond donors (Lipinski definition) is 0. The van der Waals surface area contributed by atoms with Gasteiger partial charge < -0.3 is 22.5 Å². The minimum absolute atomic E-state index is 0.803. The molecule has 302 valence electrons. The number of aromatic nitrogens is 8. The van der Waals surface area contributed by atoms with Crippen LogP contribution in [0.15, 0.2) is 191 Å². The number of para-hydroxylation sites is 2. The second-order valence-electron chi connectivity index (χ2n) is 16.5. The first-order valence-corrected chi connectivity index (χ1v) is 21.5. The van der Waals surface area contributed by atoms with E-state index in [2.05, 4.69) is 135 Å². The SMILES string of the molecule is c1cc(-c2ccc3c(c2)c2ncccc2n3-c2ccc3oc4c(-n5c6cccnc6c6ncccc65)cccc4c3c2)c2oc3ccc(-n4c5cccnc5c5ncccc54)cc3c2c1. The van der Waals surface area contributed by atoms with E-state index in [1.807, 2.05) is 61.3 Å². The first-order chi connectivity index (χ1) is 32.2. The van der Waals surface area contributed by atoms with Gasteiger partial charge in [0, 0.05) is 74.9 Å². The van der Waals surface area contributed by atoms with Crippen LogP contribution in [0.5, 0.6) is 0 Å². The Morgan fingerprint density at radius 2 is 0.800 bits per heavy atom. The Morgan fingerprint density at radius 3 is 1.38 bits per heavy atom. The summed E-state index contributed by atoms with van der Waals surface area (Å²) in [5.41, 5.74) is 18.8. The van der Waals surface area contributed by atoms with E-state index in [9.17, 15) is 0 Å². The average Bonchev–Trinajstić information content (AvgIpc) is 4.17. The fourth-order valence-electron chi connectivity index (χ4n) is 10.4. The standard InChI is InChI=1S/C55H30N8O2/c1-8-34(54-35(9-1)37-30-33(19-21-47(37)64-54)62-42-13-4-24-57-50(42)51-43(62)14-5-25-58-51)31-17-20-40-39(28-31)49-41(12-3-23-56-49)61(40)32-18-22-48-38(29-32)36-10-2-11-46(55(36)65-48)63-44-15-6-26-59-52(44)53-45(63)16-7-27-60-53/h1-30H. The molecule has 10 heterocycles. The molecule has 0 N–H and O–H groups in total. The van der Waals surface area contributed by atoms with Gasteiger partial charge in [-0.05, 0) is 121 Å². The van der Waals surface area contributed by atoms with Crippen molar-refractivity contribution in [1.82, 2.24) is 38.6 Å². The zero-order valence-electron chi connectivity index (χ0n) is 34.2. The lowest BCUT2D eigenvalue weighted by Crippen LogP contribution is -1.94. The van der Waals surface area contributed by atoms with E-state index in [4.69, 9.17) is 33.8 Å². The Balaban J connectivity index is 0.876. The van der Waals surface area contributed by atoms with Crippen molar-refractivity contribution in [3.8, 4) is 28.2 Å². The molecule has 0 radical (unpaired) electrons. The topological polar surface area (TPSA) is 106 Å². The number of pyridine rings is 5. The number of rotatable bonds is 4. The monoisotopic (exact) mass is 834 g/mol. The van der Waals surface area contributed by atoms with E-state index in [0.717, 1.165) is 138 Å². The summed E-state index contributed by atoms with van der Waals surface area (Å²) in [6.45, 7) is 0. The molecule has 0 spiro atoms. The zero-order valence-corrected chi connectivity index (χ0v) is 34.2. The maximum absolute atomic E-state index is 6.74. The minimum atomic E-state index is 0.803. The van der Waals surface area contributed by atoms with Crippen LogP contribution in [0.1, 0.15) is 0 Å². The Kier molecular flexibility index (Phi) is 6.74. The molecule has 10 nitrogen and oxygen atoms in total. The van der Waals surface area contributed by atoms with Gasteiger partial charge >= 0.3 is 0 Å². The summed E-state index contributed by atoms with van der Waals surface area (Å²) in [6, 6.07) is 52.6. The lowest BCUT2D eigenvalue weighted by atomic mass is 10.0. The lowest BCUT2D eigenvalue weighted by molar-refractivity contribution is 0.666. The van der Waals surface area contributed by atoms with Gasteiger partial charge in [-0.3, -0.25) is 24.9 Å². The first-order valence-electron chi connectivity index (χ1n) is 21.5. The number of hydrogen-bond acceptors (Lipinski definition) is 7. The molecule has 65 heavy (non-hydrogen) atoms. The van der Waals surface area contributed by atoms with Crippen LogP contribution in [-0.4, -0.2) is 38.6 Å². The Bertz CT molecular complexity index is 4400. The highest BCUT2D eigenvalue weighted by Crippen LogP contribution is 2.42. The highest BCUT2D eigenvalue weighted by Gasteiger charge is 2.22. The van der Waals surface area contributed by atoms with Gasteiger partial charge in [-0.1, -0.05) is 36.4 Å². The quantitative estimate of drug-likeness (QED) is 0.174. The van der Waals surface area contributed by atoms with Gasteiger partial charge in [-0.15, -0.1) is 0 Å². The van der Waals surface area contributed by atoms with Crippen LogP contribution in [0, 0.1) is 0 Å². The van der Waals surface area contributed by atoms with E-state index in [1.165, 1.54) is 0 Å². The zero-order chi connectivity index (χ0) is 42.3. The van der Waals surface area contributed by atoms with Crippen LogP contribution < -0.4 is 0 Å². The molecule has 10 aromatic heterocycles. The molecule has 0 bridgehead atoms. The molecular formula is C55H30N8O2. The van der Waals surface area contributed by atoms with E-state index < -0.39 is 0 Å². The molecule has 5 aromatic carbocycles. The third-order valence-corrected chi connectivity index (χ3v) is 13.1. The molecule has 0 aliphatic carbocycles. The van der Waals surface area contributed by atoms with Gasteiger partial charge in [0.05, 0.1) is 44.3 Å². The van der Waals surface area contributed by atoms with Crippen molar-refractivity contribution < 1.29 is 8.83 Å². The minimum Gasteiger partial charge on any atom is -0.455 e. The smallest absolute Gasteiger partial charge is 0.159 e. The van der Waals surface area contributed by atoms with Crippen molar-refractivity contribution in [2.45, 2.75) is 0 Å². The summed E-state index contributed by atoms with van der Waals surface area (Å²) in [7, 11) is 0. The van der Waals surface area contributed by atoms with Crippen LogP contribution in [0.4, 0.5) is 0 Å². The maximum atomic E-state index is 6.74. The van der Waals surface area contributed by atoms with Gasteiger partial charge in [0.25, 0.3) is 0 Å². The molecule has 0 aliphatic heterocycles. The number of fused-ring (bicyclic) bond motifs is 15. The predicted molar refractivity (Wildman–Crippen MR) is 258 cm³/mol. The van der Waals surface area contributed by atoms with Crippen molar-refractivity contribution in [2.75, 3.05) is 0 Å². The summed E-state index contributed by atoms with van der Waals surface area (Å²) < 4.78 is 20.2. The van der Waals surface area contributed by atoms with Gasteiger partial charge in [-0.2, -0.15) is 0 Å².